The van der Waals surface area contributed by atoms with Crippen molar-refractivity contribution in [3.05, 3.63) is 35.9 Å². The Labute approximate surface area is 223 Å². The molecule has 216 valence electrons. The van der Waals surface area contributed by atoms with Gasteiger partial charge in [-0.05, 0) is 44.3 Å². The van der Waals surface area contributed by atoms with Crippen molar-refractivity contribution in [3.63, 3.8) is 0 Å². The Morgan fingerprint density at radius 3 is 1.84 bits per heavy atom. The van der Waals surface area contributed by atoms with Gasteiger partial charge in [0.2, 0.25) is 0 Å². The molecule has 1 aliphatic carbocycles. The number of nitrogens with zero attached hydrogens (tertiary/aromatic N) is 1. The summed E-state index contributed by atoms with van der Waals surface area (Å²) in [4.78, 5) is 45.9. The lowest BCUT2D eigenvalue weighted by Crippen LogP contribution is -2.43. The van der Waals surface area contributed by atoms with Crippen molar-refractivity contribution in [2.75, 3.05) is 26.2 Å². The van der Waals surface area contributed by atoms with Crippen molar-refractivity contribution in [3.8, 4) is 0 Å². The van der Waals surface area contributed by atoms with Crippen LogP contribution in [0.1, 0.15) is 71.3 Å². The van der Waals surface area contributed by atoms with Crippen LogP contribution in [0.25, 0.3) is 0 Å². The summed E-state index contributed by atoms with van der Waals surface area (Å²) in [7, 11) is 0. The Bertz CT molecular complexity index is 865. The Morgan fingerprint density at radius 2 is 1.42 bits per heavy atom. The van der Waals surface area contributed by atoms with Gasteiger partial charge < -0.3 is 35.5 Å². The van der Waals surface area contributed by atoms with Crippen molar-refractivity contribution in [2.45, 2.75) is 76.7 Å². The van der Waals surface area contributed by atoms with E-state index < -0.39 is 41.8 Å². The fourth-order valence-corrected chi connectivity index (χ4v) is 4.66. The minimum absolute atomic E-state index is 0. The molecule has 0 amide bonds. The molecule has 0 aromatic heterocycles. The van der Waals surface area contributed by atoms with Crippen molar-refractivity contribution in [1.82, 2.24) is 4.90 Å². The molecule has 0 heterocycles. The SMILES string of the molecule is CCN(CC)CCOC(=O)C(C)(c1ccccc1)C1CCCCC1.O.O=C(O)CC(O)(CC(=O)O)C(=O)O. The van der Waals surface area contributed by atoms with Gasteiger partial charge in [0.05, 0.1) is 18.3 Å². The second-order valence-electron chi connectivity index (χ2n) is 9.54. The molecule has 6 N–H and O–H groups in total. The normalized spacial score (nSPS) is 15.3. The van der Waals surface area contributed by atoms with E-state index >= 15 is 0 Å². The molecule has 0 saturated heterocycles. The summed E-state index contributed by atoms with van der Waals surface area (Å²) in [6.07, 6.45) is 3.69. The summed E-state index contributed by atoms with van der Waals surface area (Å²) in [6, 6.07) is 10.2. The summed E-state index contributed by atoms with van der Waals surface area (Å²) in [5, 5.41) is 33.8. The fourth-order valence-electron chi connectivity index (χ4n) is 4.66. The number of ether oxygens (including phenoxy) is 1. The second-order valence-corrected chi connectivity index (χ2v) is 9.54. The van der Waals surface area contributed by atoms with Crippen molar-refractivity contribution in [1.29, 1.82) is 0 Å². The monoisotopic (exact) mass is 541 g/mol. The topological polar surface area (TPSA) is 193 Å². The first-order chi connectivity index (χ1) is 17.4. The molecule has 1 fully saturated rings. The number of carboxylic acid groups (broad SMARTS) is 3. The van der Waals surface area contributed by atoms with Gasteiger partial charge in [-0.3, -0.25) is 14.4 Å². The molecule has 38 heavy (non-hydrogen) atoms. The van der Waals surface area contributed by atoms with Crippen LogP contribution < -0.4 is 0 Å². The highest BCUT2D eigenvalue weighted by atomic mass is 16.5. The molecule has 1 saturated carbocycles. The number of carbonyl (C=O) groups excluding carboxylic acids is 1. The van der Waals surface area contributed by atoms with Crippen LogP contribution in [0.2, 0.25) is 0 Å². The number of carbonyl (C=O) groups is 4. The summed E-state index contributed by atoms with van der Waals surface area (Å²) in [5.74, 6) is -4.68. The van der Waals surface area contributed by atoms with Crippen LogP contribution in [0.3, 0.4) is 0 Å². The maximum absolute atomic E-state index is 13.1. The zero-order valence-corrected chi connectivity index (χ0v) is 22.5. The maximum atomic E-state index is 13.1. The van der Waals surface area contributed by atoms with Crippen LogP contribution in [-0.2, 0) is 29.3 Å². The number of aliphatic hydroxyl groups is 1. The number of benzene rings is 1. The second kappa shape index (κ2) is 16.7. The zero-order chi connectivity index (χ0) is 28.1. The zero-order valence-electron chi connectivity index (χ0n) is 22.5. The van der Waals surface area contributed by atoms with Gasteiger partial charge >= 0.3 is 23.9 Å². The number of aliphatic carboxylic acids is 3. The van der Waals surface area contributed by atoms with Crippen molar-refractivity contribution >= 4 is 23.9 Å². The fraction of sp³-hybridized carbons (Fsp3) is 0.630. The number of hydrogen-bond donors (Lipinski definition) is 4. The van der Waals surface area contributed by atoms with E-state index in [4.69, 9.17) is 25.2 Å². The number of carboxylic acids is 3. The molecule has 0 spiro atoms. The summed E-state index contributed by atoms with van der Waals surface area (Å²) < 4.78 is 5.77. The molecule has 11 nitrogen and oxygen atoms in total. The minimum Gasteiger partial charge on any atom is -0.481 e. The van der Waals surface area contributed by atoms with Crippen molar-refractivity contribution < 1.29 is 49.8 Å². The van der Waals surface area contributed by atoms with E-state index in [1.54, 1.807) is 0 Å². The molecule has 0 aliphatic heterocycles. The van der Waals surface area contributed by atoms with Gasteiger partial charge in [0.25, 0.3) is 0 Å². The first-order valence-corrected chi connectivity index (χ1v) is 12.7. The molecule has 11 heteroatoms. The van der Waals surface area contributed by atoms with Gasteiger partial charge in [-0.15, -0.1) is 0 Å². The van der Waals surface area contributed by atoms with E-state index in [0.717, 1.165) is 38.0 Å². The molecule has 0 radical (unpaired) electrons. The van der Waals surface area contributed by atoms with E-state index in [2.05, 4.69) is 37.8 Å². The average Bonchev–Trinajstić information content (AvgIpc) is 2.86. The summed E-state index contributed by atoms with van der Waals surface area (Å²) in [5.41, 5.74) is -2.16. The van der Waals surface area contributed by atoms with Crippen LogP contribution in [0.4, 0.5) is 0 Å². The van der Waals surface area contributed by atoms with Crippen LogP contribution in [0.5, 0.6) is 0 Å². The third kappa shape index (κ3) is 10.4. The third-order valence-electron chi connectivity index (χ3n) is 7.04. The van der Waals surface area contributed by atoms with E-state index in [9.17, 15) is 19.2 Å². The lowest BCUT2D eigenvalue weighted by molar-refractivity contribution is -0.170. The highest BCUT2D eigenvalue weighted by Crippen LogP contribution is 2.42. The number of rotatable bonds is 13. The van der Waals surface area contributed by atoms with Crippen LogP contribution in [-0.4, -0.2) is 86.5 Å². The summed E-state index contributed by atoms with van der Waals surface area (Å²) >= 11 is 0. The lowest BCUT2D eigenvalue weighted by Gasteiger charge is -2.38. The molecule has 2 rings (SSSR count). The van der Waals surface area contributed by atoms with Crippen LogP contribution in [0, 0.1) is 5.92 Å². The van der Waals surface area contributed by atoms with Gasteiger partial charge in [-0.25, -0.2) is 4.79 Å². The Morgan fingerprint density at radius 1 is 0.921 bits per heavy atom. The molecule has 1 unspecified atom stereocenters. The average molecular weight is 542 g/mol. The van der Waals surface area contributed by atoms with E-state index in [1.807, 2.05) is 18.2 Å². The van der Waals surface area contributed by atoms with Gasteiger partial charge in [-0.1, -0.05) is 63.4 Å². The third-order valence-corrected chi connectivity index (χ3v) is 7.04. The molecule has 1 atom stereocenters. The van der Waals surface area contributed by atoms with E-state index in [0.29, 0.717) is 12.5 Å². The molecule has 1 aromatic rings. The molecular weight excluding hydrogens is 498 g/mol. The van der Waals surface area contributed by atoms with E-state index in [-0.39, 0.29) is 11.4 Å². The Hall–Kier alpha value is -3.02. The smallest absolute Gasteiger partial charge is 0.336 e. The predicted molar refractivity (Wildman–Crippen MR) is 140 cm³/mol. The standard InChI is InChI=1S/C21H33NO2.C6H8O7.H2O/c1-4-22(5-2)16-17-24-20(23)21(3,18-12-8-6-9-13-18)19-14-10-7-11-15-19;7-3(8)1-6(13,5(11)12)2-4(9)10;/h6,8-9,12-13,19H,4-5,7,10-11,14-17H2,1-3H3;13H,1-2H2,(H,7,8)(H,9,10)(H,11,12);1H2. The lowest BCUT2D eigenvalue weighted by atomic mass is 9.66. The highest BCUT2D eigenvalue weighted by molar-refractivity contribution is 5.88. The first kappa shape index (κ1) is 35.0. The number of esters is 1. The van der Waals surface area contributed by atoms with Gasteiger partial charge in [-0.2, -0.15) is 0 Å². The quantitative estimate of drug-likeness (QED) is 0.269. The largest absolute Gasteiger partial charge is 0.481 e. The summed E-state index contributed by atoms with van der Waals surface area (Å²) in [6.45, 7) is 9.66. The molecular formula is C27H43NO10. The molecule has 1 aromatic carbocycles. The Balaban J connectivity index is 0.000000838. The van der Waals surface area contributed by atoms with Gasteiger partial charge in [0, 0.05) is 6.54 Å². The minimum atomic E-state index is -2.74. The maximum Gasteiger partial charge on any atom is 0.336 e. The number of hydrogen-bond acceptors (Lipinski definition) is 7. The molecule has 1 aliphatic rings. The number of likely N-dealkylation sites (N-methyl/N-ethyl adjacent to an activating group) is 1. The highest BCUT2D eigenvalue weighted by Gasteiger charge is 2.44. The van der Waals surface area contributed by atoms with E-state index in [1.165, 1.54) is 19.3 Å². The van der Waals surface area contributed by atoms with Crippen molar-refractivity contribution in [2.24, 2.45) is 5.92 Å². The van der Waals surface area contributed by atoms with Crippen LogP contribution in [0.15, 0.2) is 30.3 Å². The first-order valence-electron chi connectivity index (χ1n) is 12.7. The van der Waals surface area contributed by atoms with Gasteiger partial charge in [0.1, 0.15) is 6.61 Å². The Kier molecular flexibility index (Phi) is 15.4. The van der Waals surface area contributed by atoms with Crippen LogP contribution >= 0.6 is 0 Å². The van der Waals surface area contributed by atoms with Gasteiger partial charge in [0.15, 0.2) is 5.60 Å². The predicted octanol–water partition coefficient (Wildman–Crippen LogP) is 2.34. The molecule has 0 bridgehead atoms.